The second-order valence-corrected chi connectivity index (χ2v) is 6.46. The van der Waals surface area contributed by atoms with Gasteiger partial charge in [-0.05, 0) is 25.7 Å². The van der Waals surface area contributed by atoms with Gasteiger partial charge in [0.15, 0.2) is 0 Å². The van der Waals surface area contributed by atoms with Crippen LogP contribution in [0, 0.1) is 24.3 Å². The van der Waals surface area contributed by atoms with E-state index >= 15 is 0 Å². The number of esters is 1. The lowest BCUT2D eigenvalue weighted by atomic mass is 9.47. The molecular formula is C14H19NO2. The van der Waals surface area contributed by atoms with Crippen molar-refractivity contribution in [2.75, 3.05) is 0 Å². The number of nitrogens with zero attached hydrogens (tertiary/aromatic N) is 1. The van der Waals surface area contributed by atoms with E-state index in [4.69, 9.17) is 11.3 Å². The highest BCUT2D eigenvalue weighted by Crippen LogP contribution is 2.62. The molecule has 92 valence electrons. The van der Waals surface area contributed by atoms with Gasteiger partial charge in [0.25, 0.3) is 0 Å². The minimum Gasteiger partial charge on any atom is -0.459 e. The smallest absolute Gasteiger partial charge is 0.303 e. The van der Waals surface area contributed by atoms with Gasteiger partial charge < -0.3 is 9.58 Å². The first-order chi connectivity index (χ1) is 7.97. The Morgan fingerprint density at radius 2 is 1.88 bits per heavy atom. The second kappa shape index (κ2) is 3.25. The molecule has 4 aliphatic rings. The molecule has 0 aromatic carbocycles. The van der Waals surface area contributed by atoms with Gasteiger partial charge in [-0.1, -0.05) is 0 Å². The average Bonchev–Trinajstić information content (AvgIpc) is 2.24. The van der Waals surface area contributed by atoms with Crippen molar-refractivity contribution in [2.24, 2.45) is 17.8 Å². The third-order valence-electron chi connectivity index (χ3n) is 5.38. The van der Waals surface area contributed by atoms with Gasteiger partial charge in [-0.15, -0.1) is 0 Å². The van der Waals surface area contributed by atoms with E-state index in [-0.39, 0.29) is 17.1 Å². The topological polar surface area (TPSA) is 30.7 Å². The molecule has 0 aliphatic heterocycles. The van der Waals surface area contributed by atoms with E-state index in [0.29, 0.717) is 17.8 Å². The molecule has 0 saturated heterocycles. The van der Waals surface area contributed by atoms with Gasteiger partial charge in [0.05, 0.1) is 0 Å². The van der Waals surface area contributed by atoms with Crippen LogP contribution in [0.5, 0.6) is 0 Å². The zero-order chi connectivity index (χ0) is 12.3. The Labute approximate surface area is 102 Å². The Balaban J connectivity index is 1.93. The first-order valence-electron chi connectivity index (χ1n) is 6.56. The van der Waals surface area contributed by atoms with Crippen LogP contribution in [-0.2, 0) is 9.53 Å². The largest absolute Gasteiger partial charge is 0.459 e. The fourth-order valence-corrected chi connectivity index (χ4v) is 4.76. The highest BCUT2D eigenvalue weighted by Gasteiger charge is 2.65. The molecule has 0 radical (unpaired) electrons. The highest BCUT2D eigenvalue weighted by atomic mass is 16.6. The predicted molar refractivity (Wildman–Crippen MR) is 63.1 cm³/mol. The molecule has 4 aliphatic carbocycles. The number of carbonyl (C=O) groups excluding carboxylic acids is 1. The van der Waals surface area contributed by atoms with Gasteiger partial charge in [0.2, 0.25) is 5.54 Å². The standard InChI is InChI=1S/C14H19NO2/c1-9(16)17-13(2)11-4-10-5-12(13)8-14(6-10,7-11)15-3/h10-12H,4-8H2,1-2H3. The van der Waals surface area contributed by atoms with Gasteiger partial charge in [0, 0.05) is 38.0 Å². The van der Waals surface area contributed by atoms with Gasteiger partial charge in [-0.2, -0.15) is 0 Å². The summed E-state index contributed by atoms with van der Waals surface area (Å²) in [7, 11) is 0. The normalized spacial score (nSPS) is 51.0. The molecule has 0 aromatic heterocycles. The minimum absolute atomic E-state index is 0.115. The maximum atomic E-state index is 11.3. The summed E-state index contributed by atoms with van der Waals surface area (Å²) < 4.78 is 5.66. The maximum absolute atomic E-state index is 11.3. The number of carbonyl (C=O) groups is 1. The Morgan fingerprint density at radius 1 is 1.29 bits per heavy atom. The van der Waals surface area contributed by atoms with Gasteiger partial charge in [0.1, 0.15) is 5.60 Å². The van der Waals surface area contributed by atoms with Crippen molar-refractivity contribution in [1.29, 1.82) is 0 Å². The molecule has 4 fully saturated rings. The molecule has 2 atom stereocenters. The number of hydrogen-bond acceptors (Lipinski definition) is 2. The van der Waals surface area contributed by atoms with Crippen molar-refractivity contribution in [3.8, 4) is 0 Å². The first kappa shape index (κ1) is 11.1. The Bertz CT molecular complexity index is 393. The summed E-state index contributed by atoms with van der Waals surface area (Å²) in [6, 6.07) is 0. The third kappa shape index (κ3) is 1.43. The van der Waals surface area contributed by atoms with Crippen LogP contribution in [0.4, 0.5) is 0 Å². The van der Waals surface area contributed by atoms with E-state index in [1.807, 2.05) is 0 Å². The van der Waals surface area contributed by atoms with Crippen LogP contribution in [0.3, 0.4) is 0 Å². The Morgan fingerprint density at radius 3 is 2.35 bits per heavy atom. The van der Waals surface area contributed by atoms with Crippen LogP contribution in [0.25, 0.3) is 4.85 Å². The predicted octanol–water partition coefficient (Wildman–Crippen LogP) is 2.81. The van der Waals surface area contributed by atoms with E-state index in [0.717, 1.165) is 32.1 Å². The van der Waals surface area contributed by atoms with Crippen LogP contribution >= 0.6 is 0 Å². The summed E-state index contributed by atoms with van der Waals surface area (Å²) in [6.45, 7) is 11.1. The van der Waals surface area contributed by atoms with Crippen molar-refractivity contribution < 1.29 is 9.53 Å². The number of hydrogen-bond donors (Lipinski definition) is 0. The number of rotatable bonds is 1. The lowest BCUT2D eigenvalue weighted by Crippen LogP contribution is -2.62. The summed E-state index contributed by atoms with van der Waals surface area (Å²) in [5, 5.41) is 0. The molecule has 2 unspecified atom stereocenters. The lowest BCUT2D eigenvalue weighted by molar-refractivity contribution is -0.200. The molecule has 4 saturated carbocycles. The average molecular weight is 233 g/mol. The van der Waals surface area contributed by atoms with Crippen LogP contribution < -0.4 is 0 Å². The fourth-order valence-electron chi connectivity index (χ4n) is 4.76. The van der Waals surface area contributed by atoms with Crippen molar-refractivity contribution in [1.82, 2.24) is 0 Å². The molecule has 0 heterocycles. The summed E-state index contributed by atoms with van der Waals surface area (Å²) >= 11 is 0. The molecule has 3 heteroatoms. The Hall–Kier alpha value is -1.04. The van der Waals surface area contributed by atoms with Crippen molar-refractivity contribution in [3.05, 3.63) is 11.4 Å². The second-order valence-electron chi connectivity index (χ2n) is 6.46. The zero-order valence-electron chi connectivity index (χ0n) is 10.5. The molecule has 3 nitrogen and oxygen atoms in total. The molecular weight excluding hydrogens is 214 g/mol. The van der Waals surface area contributed by atoms with E-state index < -0.39 is 0 Å². The van der Waals surface area contributed by atoms with Gasteiger partial charge in [-0.25, -0.2) is 6.57 Å². The fraction of sp³-hybridized carbons (Fsp3) is 0.857. The first-order valence-corrected chi connectivity index (χ1v) is 6.56. The molecule has 0 spiro atoms. The van der Waals surface area contributed by atoms with Crippen molar-refractivity contribution in [3.63, 3.8) is 0 Å². The molecule has 4 bridgehead atoms. The lowest BCUT2D eigenvalue weighted by Gasteiger charge is -2.59. The van der Waals surface area contributed by atoms with Gasteiger partial charge in [-0.3, -0.25) is 4.79 Å². The summed E-state index contributed by atoms with van der Waals surface area (Å²) in [5.41, 5.74) is -0.410. The monoisotopic (exact) mass is 233 g/mol. The van der Waals surface area contributed by atoms with E-state index in [1.165, 1.54) is 6.92 Å². The van der Waals surface area contributed by atoms with Gasteiger partial charge >= 0.3 is 5.97 Å². The van der Waals surface area contributed by atoms with Crippen molar-refractivity contribution in [2.45, 2.75) is 57.1 Å². The van der Waals surface area contributed by atoms with E-state index in [1.54, 1.807) is 0 Å². The summed E-state index contributed by atoms with van der Waals surface area (Å²) in [6.07, 6.45) is 5.26. The quantitative estimate of drug-likeness (QED) is 0.515. The molecule has 4 rings (SSSR count). The third-order valence-corrected chi connectivity index (χ3v) is 5.38. The van der Waals surface area contributed by atoms with Crippen LogP contribution in [0.15, 0.2) is 0 Å². The van der Waals surface area contributed by atoms with E-state index in [2.05, 4.69) is 11.8 Å². The summed E-state index contributed by atoms with van der Waals surface area (Å²) in [4.78, 5) is 15.2. The number of ether oxygens (including phenoxy) is 1. The molecule has 17 heavy (non-hydrogen) atoms. The molecule has 0 N–H and O–H groups in total. The van der Waals surface area contributed by atoms with Crippen molar-refractivity contribution >= 4 is 5.97 Å². The van der Waals surface area contributed by atoms with Crippen LogP contribution in [0.1, 0.15) is 46.0 Å². The van der Waals surface area contributed by atoms with Crippen LogP contribution in [0.2, 0.25) is 0 Å². The zero-order valence-corrected chi connectivity index (χ0v) is 10.5. The highest BCUT2D eigenvalue weighted by molar-refractivity contribution is 5.66. The minimum atomic E-state index is -0.295. The van der Waals surface area contributed by atoms with Crippen LogP contribution in [-0.4, -0.2) is 17.1 Å². The molecule has 0 amide bonds. The SMILES string of the molecule is [C-]#[N+]C12CC3CC(C1)C(C)(OC(C)=O)C(C3)C2. The van der Waals surface area contributed by atoms with E-state index in [9.17, 15) is 4.79 Å². The maximum Gasteiger partial charge on any atom is 0.303 e. The summed E-state index contributed by atoms with van der Waals surface area (Å²) in [5.74, 6) is 1.35. The Kier molecular flexibility index (Phi) is 2.12. The molecule has 0 aromatic rings.